The molecule has 1 aromatic carbocycles. The van der Waals surface area contributed by atoms with E-state index < -0.39 is 0 Å². The molecule has 1 rings (SSSR count). The molecule has 0 amide bonds. The Morgan fingerprint density at radius 1 is 1.62 bits per heavy atom. The standard InChI is InChI=1S/C9H10BNO2/c1-6(12)13-5-7-8(10)3-2-4-9(7)11/h2-4H,5,11H2,1H3. The highest BCUT2D eigenvalue weighted by Crippen LogP contribution is 2.08. The number of carbonyl (C=O) groups excluding carboxylic acids is 1. The first-order valence-electron chi connectivity index (χ1n) is 3.87. The molecule has 0 saturated carbocycles. The van der Waals surface area contributed by atoms with Crippen molar-refractivity contribution in [3.8, 4) is 0 Å². The van der Waals surface area contributed by atoms with E-state index in [9.17, 15) is 4.79 Å². The van der Waals surface area contributed by atoms with Crippen LogP contribution in [0.5, 0.6) is 0 Å². The monoisotopic (exact) mass is 175 g/mol. The molecule has 0 saturated heterocycles. The minimum atomic E-state index is -0.345. The van der Waals surface area contributed by atoms with Gasteiger partial charge in [-0.05, 0) is 6.07 Å². The summed E-state index contributed by atoms with van der Waals surface area (Å²) in [4.78, 5) is 10.5. The molecular formula is C9H10BNO2. The van der Waals surface area contributed by atoms with Gasteiger partial charge in [0.05, 0.1) is 0 Å². The van der Waals surface area contributed by atoms with Crippen LogP contribution in [0.2, 0.25) is 0 Å². The molecule has 2 radical (unpaired) electrons. The largest absolute Gasteiger partial charge is 0.461 e. The van der Waals surface area contributed by atoms with Crippen LogP contribution in [0, 0.1) is 0 Å². The lowest BCUT2D eigenvalue weighted by atomic mass is 9.90. The average molecular weight is 175 g/mol. The Morgan fingerprint density at radius 3 is 2.85 bits per heavy atom. The highest BCUT2D eigenvalue weighted by atomic mass is 16.5. The number of esters is 1. The van der Waals surface area contributed by atoms with E-state index in [4.69, 9.17) is 18.3 Å². The van der Waals surface area contributed by atoms with Gasteiger partial charge in [0.1, 0.15) is 14.5 Å². The topological polar surface area (TPSA) is 52.3 Å². The van der Waals surface area contributed by atoms with Crippen molar-refractivity contribution in [2.45, 2.75) is 13.5 Å². The summed E-state index contributed by atoms with van der Waals surface area (Å²) in [5, 5.41) is 0. The zero-order valence-electron chi connectivity index (χ0n) is 7.41. The van der Waals surface area contributed by atoms with Crippen LogP contribution in [-0.2, 0) is 16.1 Å². The van der Waals surface area contributed by atoms with Gasteiger partial charge in [-0.15, -0.1) is 0 Å². The van der Waals surface area contributed by atoms with Crippen LogP contribution < -0.4 is 11.2 Å². The summed E-state index contributed by atoms with van der Waals surface area (Å²) in [5.74, 6) is -0.345. The third-order valence-corrected chi connectivity index (χ3v) is 1.67. The Bertz CT molecular complexity index is 305. The predicted molar refractivity (Wildman–Crippen MR) is 51.7 cm³/mol. The van der Waals surface area contributed by atoms with Crippen molar-refractivity contribution >= 4 is 25.0 Å². The van der Waals surface area contributed by atoms with Crippen LogP contribution >= 0.6 is 0 Å². The maximum Gasteiger partial charge on any atom is 0.302 e. The van der Waals surface area contributed by atoms with E-state index in [-0.39, 0.29) is 12.6 Å². The van der Waals surface area contributed by atoms with E-state index in [0.29, 0.717) is 16.7 Å². The van der Waals surface area contributed by atoms with Crippen LogP contribution in [0.3, 0.4) is 0 Å². The Labute approximate surface area is 78.3 Å². The highest BCUT2D eigenvalue weighted by molar-refractivity contribution is 6.33. The summed E-state index contributed by atoms with van der Waals surface area (Å²) in [6.07, 6.45) is 0. The van der Waals surface area contributed by atoms with Gasteiger partial charge >= 0.3 is 5.97 Å². The lowest BCUT2D eigenvalue weighted by Crippen LogP contribution is -2.15. The van der Waals surface area contributed by atoms with Crippen LogP contribution in [0.4, 0.5) is 5.69 Å². The summed E-state index contributed by atoms with van der Waals surface area (Å²) >= 11 is 0. The molecule has 0 aliphatic heterocycles. The van der Waals surface area contributed by atoms with Gasteiger partial charge in [-0.1, -0.05) is 17.6 Å². The first kappa shape index (κ1) is 9.64. The molecule has 0 spiro atoms. The Hall–Kier alpha value is -1.45. The van der Waals surface area contributed by atoms with Gasteiger partial charge in [-0.25, -0.2) is 0 Å². The Morgan fingerprint density at radius 2 is 2.31 bits per heavy atom. The van der Waals surface area contributed by atoms with Gasteiger partial charge in [0.25, 0.3) is 0 Å². The quantitative estimate of drug-likeness (QED) is 0.394. The van der Waals surface area contributed by atoms with E-state index in [1.54, 1.807) is 18.2 Å². The van der Waals surface area contributed by atoms with Gasteiger partial charge in [0.15, 0.2) is 0 Å². The minimum Gasteiger partial charge on any atom is -0.461 e. The first-order chi connectivity index (χ1) is 6.11. The number of hydrogen-bond acceptors (Lipinski definition) is 3. The molecule has 0 fully saturated rings. The molecule has 1 aromatic rings. The molecule has 13 heavy (non-hydrogen) atoms. The summed E-state index contributed by atoms with van der Waals surface area (Å²) < 4.78 is 4.79. The highest BCUT2D eigenvalue weighted by Gasteiger charge is 2.03. The number of nitrogens with two attached hydrogens (primary N) is 1. The minimum absolute atomic E-state index is 0.133. The Balaban J connectivity index is 2.81. The number of carbonyl (C=O) groups is 1. The Kier molecular flexibility index (Phi) is 2.95. The smallest absolute Gasteiger partial charge is 0.302 e. The van der Waals surface area contributed by atoms with Crippen LogP contribution in [0.25, 0.3) is 0 Å². The number of hydrogen-bond donors (Lipinski definition) is 1. The van der Waals surface area contributed by atoms with Crippen LogP contribution in [-0.4, -0.2) is 13.8 Å². The zero-order chi connectivity index (χ0) is 9.84. The number of benzene rings is 1. The van der Waals surface area contributed by atoms with E-state index >= 15 is 0 Å². The van der Waals surface area contributed by atoms with Gasteiger partial charge < -0.3 is 10.5 Å². The van der Waals surface area contributed by atoms with Crippen LogP contribution in [0.1, 0.15) is 12.5 Å². The summed E-state index contributed by atoms with van der Waals surface area (Å²) in [5.41, 5.74) is 7.39. The third-order valence-electron chi connectivity index (χ3n) is 1.67. The van der Waals surface area contributed by atoms with Gasteiger partial charge in [-0.3, -0.25) is 4.79 Å². The second kappa shape index (κ2) is 3.98. The fraction of sp³-hybridized carbons (Fsp3) is 0.222. The van der Waals surface area contributed by atoms with E-state index in [1.807, 2.05) is 0 Å². The lowest BCUT2D eigenvalue weighted by molar-refractivity contribution is -0.142. The normalized spacial score (nSPS) is 9.62. The van der Waals surface area contributed by atoms with Gasteiger partial charge in [0.2, 0.25) is 0 Å². The van der Waals surface area contributed by atoms with E-state index in [2.05, 4.69) is 0 Å². The molecule has 0 unspecified atom stereocenters. The third kappa shape index (κ3) is 2.51. The second-order valence-corrected chi connectivity index (χ2v) is 2.70. The van der Waals surface area contributed by atoms with Gasteiger partial charge in [-0.2, -0.15) is 0 Å². The molecule has 0 aliphatic rings. The van der Waals surface area contributed by atoms with Gasteiger partial charge in [0, 0.05) is 18.2 Å². The molecular weight excluding hydrogens is 165 g/mol. The van der Waals surface area contributed by atoms with Crippen molar-refractivity contribution in [3.63, 3.8) is 0 Å². The van der Waals surface area contributed by atoms with Crippen molar-refractivity contribution in [1.29, 1.82) is 0 Å². The van der Waals surface area contributed by atoms with Crippen molar-refractivity contribution in [1.82, 2.24) is 0 Å². The lowest BCUT2D eigenvalue weighted by Gasteiger charge is -2.08. The van der Waals surface area contributed by atoms with E-state index in [0.717, 1.165) is 0 Å². The second-order valence-electron chi connectivity index (χ2n) is 2.70. The van der Waals surface area contributed by atoms with Crippen molar-refractivity contribution in [3.05, 3.63) is 23.8 Å². The maximum atomic E-state index is 10.5. The number of anilines is 1. The SMILES string of the molecule is [B]c1cccc(N)c1COC(C)=O. The molecule has 0 heterocycles. The molecule has 2 N–H and O–H groups in total. The summed E-state index contributed by atoms with van der Waals surface area (Å²) in [7, 11) is 5.64. The molecule has 0 aromatic heterocycles. The van der Waals surface area contributed by atoms with Crippen molar-refractivity contribution in [2.24, 2.45) is 0 Å². The number of nitrogen functional groups attached to an aromatic ring is 1. The van der Waals surface area contributed by atoms with Crippen LogP contribution in [0.15, 0.2) is 18.2 Å². The molecule has 3 nitrogen and oxygen atoms in total. The van der Waals surface area contributed by atoms with Crippen molar-refractivity contribution < 1.29 is 9.53 Å². The van der Waals surface area contributed by atoms with Crippen molar-refractivity contribution in [2.75, 3.05) is 5.73 Å². The summed E-state index contributed by atoms with van der Waals surface area (Å²) in [6.45, 7) is 1.48. The zero-order valence-corrected chi connectivity index (χ0v) is 7.41. The molecule has 0 aliphatic carbocycles. The predicted octanol–water partition coefficient (Wildman–Crippen LogP) is 0.126. The van der Waals surface area contributed by atoms with E-state index in [1.165, 1.54) is 6.92 Å². The molecule has 4 heteroatoms. The maximum absolute atomic E-state index is 10.5. The molecule has 66 valence electrons. The first-order valence-corrected chi connectivity index (χ1v) is 3.87. The molecule has 0 bridgehead atoms. The number of ether oxygens (including phenoxy) is 1. The fourth-order valence-electron chi connectivity index (χ4n) is 0.964. The fourth-order valence-corrected chi connectivity index (χ4v) is 0.964. The molecule has 0 atom stereocenters. The number of rotatable bonds is 2. The average Bonchev–Trinajstić information content (AvgIpc) is 2.03. The summed E-state index contributed by atoms with van der Waals surface area (Å²) in [6, 6.07) is 5.19.